The van der Waals surface area contributed by atoms with E-state index in [0.717, 1.165) is 14.9 Å². The van der Waals surface area contributed by atoms with Crippen molar-refractivity contribution in [3.05, 3.63) is 33.8 Å². The molecule has 0 radical (unpaired) electrons. The molecule has 0 bridgehead atoms. The molecule has 0 amide bonds. The minimum atomic E-state index is 0.366. The van der Waals surface area contributed by atoms with Crippen molar-refractivity contribution in [1.82, 2.24) is 14.5 Å². The molecule has 0 atom stereocenters. The van der Waals surface area contributed by atoms with Crippen molar-refractivity contribution < 1.29 is 0 Å². The van der Waals surface area contributed by atoms with Gasteiger partial charge in [0.05, 0.1) is 6.20 Å². The van der Waals surface area contributed by atoms with Crippen molar-refractivity contribution in [1.29, 1.82) is 0 Å². The number of nitrogens with zero attached hydrogens (tertiary/aromatic N) is 4. The number of amidine groups is 1. The molecule has 0 saturated carbocycles. The quantitative estimate of drug-likeness (QED) is 0.274. The van der Waals surface area contributed by atoms with Crippen LogP contribution >= 0.6 is 22.6 Å². The molecule has 7 heteroatoms. The molecule has 0 spiro atoms. The zero-order chi connectivity index (χ0) is 11.7. The summed E-state index contributed by atoms with van der Waals surface area (Å²) in [4.78, 5) is 4.24. The Labute approximate surface area is 106 Å². The van der Waals surface area contributed by atoms with Crippen LogP contribution in [0.2, 0.25) is 0 Å². The average Bonchev–Trinajstić information content (AvgIpc) is 2.59. The summed E-state index contributed by atoms with van der Waals surface area (Å²) < 4.78 is 3.01. The molecular formula is C9H11IN6. The number of nitrogens with two attached hydrogens (primary N) is 2. The van der Waals surface area contributed by atoms with Crippen molar-refractivity contribution in [2.24, 2.45) is 16.7 Å². The van der Waals surface area contributed by atoms with Gasteiger partial charge in [-0.05, 0) is 34.7 Å². The van der Waals surface area contributed by atoms with Crippen LogP contribution < -0.4 is 11.6 Å². The summed E-state index contributed by atoms with van der Waals surface area (Å²) in [6.07, 6.45) is 3.69. The maximum absolute atomic E-state index is 5.78. The Bertz CT molecular complexity index is 544. The third kappa shape index (κ3) is 2.09. The van der Waals surface area contributed by atoms with Gasteiger partial charge in [0.25, 0.3) is 0 Å². The van der Waals surface area contributed by atoms with E-state index in [1.807, 2.05) is 22.7 Å². The van der Waals surface area contributed by atoms with Gasteiger partial charge in [-0.15, -0.1) is 5.10 Å². The highest BCUT2D eigenvalue weighted by Gasteiger charge is 2.04. The number of hydrogen-bond acceptors (Lipinski definition) is 4. The second-order valence-electron chi connectivity index (χ2n) is 3.28. The second kappa shape index (κ2) is 4.26. The fourth-order valence-corrected chi connectivity index (χ4v) is 1.88. The van der Waals surface area contributed by atoms with Gasteiger partial charge in [0.2, 0.25) is 0 Å². The first-order valence-corrected chi connectivity index (χ1v) is 5.61. The van der Waals surface area contributed by atoms with Gasteiger partial charge < -0.3 is 5.73 Å². The van der Waals surface area contributed by atoms with Crippen LogP contribution in [-0.4, -0.2) is 27.4 Å². The molecule has 6 nitrogen and oxygen atoms in total. The molecule has 2 aromatic heterocycles. The first-order chi connectivity index (χ1) is 7.58. The van der Waals surface area contributed by atoms with Crippen LogP contribution in [0, 0.1) is 3.70 Å². The molecule has 2 rings (SSSR count). The Kier molecular flexibility index (Phi) is 2.97. The first-order valence-electron chi connectivity index (χ1n) is 4.53. The smallest absolute Gasteiger partial charge is 0.152 e. The van der Waals surface area contributed by atoms with Crippen LogP contribution in [0.15, 0.2) is 29.6 Å². The highest BCUT2D eigenvalue weighted by molar-refractivity contribution is 14.1. The molecule has 84 valence electrons. The van der Waals surface area contributed by atoms with E-state index in [2.05, 4.69) is 32.7 Å². The summed E-state index contributed by atoms with van der Waals surface area (Å²) in [5, 5.41) is 5.10. The lowest BCUT2D eigenvalue weighted by Crippen LogP contribution is -2.25. The number of hydrazone groups is 1. The number of rotatable bonds is 2. The SMILES string of the molecule is CN(N)/N=C(\N)c1ccn2c(I)cnc2c1. The molecule has 16 heavy (non-hydrogen) atoms. The number of aromatic nitrogens is 2. The second-order valence-corrected chi connectivity index (χ2v) is 4.39. The van der Waals surface area contributed by atoms with E-state index in [-0.39, 0.29) is 0 Å². The normalized spacial score (nSPS) is 12.1. The lowest BCUT2D eigenvalue weighted by Gasteiger charge is -2.06. The van der Waals surface area contributed by atoms with Crippen LogP contribution in [0.4, 0.5) is 0 Å². The van der Waals surface area contributed by atoms with Gasteiger partial charge >= 0.3 is 0 Å². The van der Waals surface area contributed by atoms with Gasteiger partial charge in [-0.1, -0.05) is 0 Å². The monoisotopic (exact) mass is 330 g/mol. The van der Waals surface area contributed by atoms with Crippen molar-refractivity contribution >= 4 is 34.1 Å². The fourth-order valence-electron chi connectivity index (χ4n) is 1.34. The predicted octanol–water partition coefficient (Wildman–Crippen LogP) is 0.365. The molecule has 0 fully saturated rings. The highest BCUT2D eigenvalue weighted by atomic mass is 127. The molecule has 2 aromatic rings. The number of pyridine rings is 1. The van der Waals surface area contributed by atoms with E-state index < -0.39 is 0 Å². The minimum absolute atomic E-state index is 0.366. The first kappa shape index (κ1) is 11.1. The zero-order valence-corrected chi connectivity index (χ0v) is 10.8. The summed E-state index contributed by atoms with van der Waals surface area (Å²) in [6.45, 7) is 0. The Morgan fingerprint density at radius 1 is 1.62 bits per heavy atom. The molecule has 0 aliphatic rings. The van der Waals surface area contributed by atoms with Crippen LogP contribution in [0.1, 0.15) is 5.56 Å². The standard InChI is InChI=1S/C9H11IN6/c1-15(12)14-9(11)6-2-3-16-7(10)5-13-8(16)4-6/h2-5H,12H2,1H3,(H2,11,14). The van der Waals surface area contributed by atoms with Crippen LogP contribution in [0.3, 0.4) is 0 Å². The lowest BCUT2D eigenvalue weighted by atomic mass is 10.2. The summed E-state index contributed by atoms with van der Waals surface area (Å²) >= 11 is 2.21. The number of halogens is 1. The van der Waals surface area contributed by atoms with E-state index in [0.29, 0.717) is 5.84 Å². The third-order valence-electron chi connectivity index (χ3n) is 2.03. The van der Waals surface area contributed by atoms with Crippen LogP contribution in [-0.2, 0) is 0 Å². The molecule has 0 unspecified atom stereocenters. The molecule has 4 N–H and O–H groups in total. The van der Waals surface area contributed by atoms with Gasteiger partial charge in [0.15, 0.2) is 5.84 Å². The maximum Gasteiger partial charge on any atom is 0.152 e. The minimum Gasteiger partial charge on any atom is -0.382 e. The van der Waals surface area contributed by atoms with E-state index >= 15 is 0 Å². The fraction of sp³-hybridized carbons (Fsp3) is 0.111. The predicted molar refractivity (Wildman–Crippen MR) is 70.6 cm³/mol. The summed E-state index contributed by atoms with van der Waals surface area (Å²) in [6, 6.07) is 3.74. The zero-order valence-electron chi connectivity index (χ0n) is 8.63. The van der Waals surface area contributed by atoms with Crippen molar-refractivity contribution in [3.8, 4) is 0 Å². The number of hydrazine groups is 1. The van der Waals surface area contributed by atoms with Gasteiger partial charge in [0.1, 0.15) is 9.35 Å². The molecule has 0 aliphatic heterocycles. The van der Waals surface area contributed by atoms with Crippen molar-refractivity contribution in [2.45, 2.75) is 0 Å². The number of hydrogen-bond donors (Lipinski definition) is 2. The van der Waals surface area contributed by atoms with E-state index in [4.69, 9.17) is 11.6 Å². The van der Waals surface area contributed by atoms with E-state index in [9.17, 15) is 0 Å². The average molecular weight is 330 g/mol. The van der Waals surface area contributed by atoms with Gasteiger partial charge in [-0.3, -0.25) is 4.40 Å². The number of fused-ring (bicyclic) bond motifs is 1. The Balaban J connectivity index is 2.47. The van der Waals surface area contributed by atoms with Gasteiger partial charge in [-0.2, -0.15) is 0 Å². The van der Waals surface area contributed by atoms with Crippen molar-refractivity contribution in [2.75, 3.05) is 7.05 Å². The topological polar surface area (TPSA) is 84.9 Å². The third-order valence-corrected chi connectivity index (χ3v) is 2.83. The van der Waals surface area contributed by atoms with E-state index in [1.165, 1.54) is 5.12 Å². The van der Waals surface area contributed by atoms with Gasteiger partial charge in [0, 0.05) is 18.8 Å². The molecule has 0 saturated heterocycles. The molecule has 0 aromatic carbocycles. The van der Waals surface area contributed by atoms with Crippen LogP contribution in [0.25, 0.3) is 5.65 Å². The molecule has 2 heterocycles. The summed E-state index contributed by atoms with van der Waals surface area (Å²) in [5.74, 6) is 5.76. The maximum atomic E-state index is 5.78. The van der Waals surface area contributed by atoms with Crippen LogP contribution in [0.5, 0.6) is 0 Å². The lowest BCUT2D eigenvalue weighted by molar-refractivity contribution is 0.371. The van der Waals surface area contributed by atoms with Gasteiger partial charge in [-0.25, -0.2) is 15.9 Å². The largest absolute Gasteiger partial charge is 0.382 e. The number of imidazole rings is 1. The Hall–Kier alpha value is -1.35. The summed E-state index contributed by atoms with van der Waals surface area (Å²) in [5.41, 5.74) is 7.41. The Morgan fingerprint density at radius 3 is 3.06 bits per heavy atom. The van der Waals surface area contributed by atoms with Crippen molar-refractivity contribution in [3.63, 3.8) is 0 Å². The Morgan fingerprint density at radius 2 is 2.38 bits per heavy atom. The summed E-state index contributed by atoms with van der Waals surface area (Å²) in [7, 11) is 1.61. The van der Waals surface area contributed by atoms with E-state index in [1.54, 1.807) is 13.2 Å². The highest BCUT2D eigenvalue weighted by Crippen LogP contribution is 2.11. The molecule has 0 aliphatic carbocycles. The molecular weight excluding hydrogens is 319 g/mol.